The molecule has 0 fully saturated rings. The molecular formula is C4H5F6O3P. The summed E-state index contributed by atoms with van der Waals surface area (Å²) in [6.45, 7) is -0.559. The minimum atomic E-state index is -6.65. The Kier molecular flexibility index (Phi) is 3.05. The summed E-state index contributed by atoms with van der Waals surface area (Å²) in [4.78, 5) is 15.6. The zero-order valence-corrected chi connectivity index (χ0v) is 7.41. The van der Waals surface area contributed by atoms with Gasteiger partial charge in [-0.1, -0.05) is 0 Å². The van der Waals surface area contributed by atoms with E-state index in [0.29, 0.717) is 0 Å². The summed E-state index contributed by atoms with van der Waals surface area (Å²) in [5, 5.41) is 0. The largest absolute Gasteiger partial charge is 0.413 e. The Bertz CT molecular complexity index is 265. The molecule has 0 amide bonds. The highest BCUT2D eigenvalue weighted by Crippen LogP contribution is 2.63. The van der Waals surface area contributed by atoms with Crippen LogP contribution in [0, 0.1) is 0 Å². The van der Waals surface area contributed by atoms with Crippen LogP contribution in [0.15, 0.2) is 0 Å². The van der Waals surface area contributed by atoms with E-state index in [1.807, 2.05) is 0 Å². The summed E-state index contributed by atoms with van der Waals surface area (Å²) in [5.74, 6) is -11.4. The molecule has 0 saturated carbocycles. The van der Waals surface area contributed by atoms with E-state index in [0.717, 1.165) is 0 Å². The molecule has 0 aliphatic heterocycles. The fraction of sp³-hybridized carbons (Fsp3) is 1.00. The lowest BCUT2D eigenvalue weighted by Crippen LogP contribution is -2.52. The number of alkyl halides is 6. The van der Waals surface area contributed by atoms with Gasteiger partial charge in [-0.25, -0.2) is 0 Å². The van der Waals surface area contributed by atoms with E-state index < -0.39 is 32.0 Å². The summed E-state index contributed by atoms with van der Waals surface area (Å²) in [5.41, 5.74) is -6.10. The van der Waals surface area contributed by atoms with Gasteiger partial charge in [0.25, 0.3) is 0 Å². The molecular weight excluding hydrogens is 241 g/mol. The molecule has 10 heteroatoms. The van der Waals surface area contributed by atoms with Gasteiger partial charge in [0.2, 0.25) is 0 Å². The third kappa shape index (κ3) is 1.89. The van der Waals surface area contributed by atoms with Crippen molar-refractivity contribution in [1.29, 1.82) is 0 Å². The number of hydrogen-bond donors (Lipinski definition) is 2. The Labute approximate surface area is 73.9 Å². The Morgan fingerprint density at radius 3 is 1.36 bits per heavy atom. The molecule has 0 radical (unpaired) electrons. The zero-order valence-electron chi connectivity index (χ0n) is 6.52. The summed E-state index contributed by atoms with van der Waals surface area (Å²) < 4.78 is 82.6. The maximum atomic E-state index is 12.2. The monoisotopic (exact) mass is 246 g/mol. The summed E-state index contributed by atoms with van der Waals surface area (Å²) >= 11 is 0. The third-order valence-corrected chi connectivity index (χ3v) is 2.31. The predicted octanol–water partition coefficient (Wildman–Crippen LogP) is 2.05. The van der Waals surface area contributed by atoms with E-state index >= 15 is 0 Å². The Morgan fingerprint density at radius 2 is 1.29 bits per heavy atom. The van der Waals surface area contributed by atoms with Gasteiger partial charge >= 0.3 is 25.1 Å². The number of rotatable bonds is 3. The van der Waals surface area contributed by atoms with Crippen molar-refractivity contribution in [2.45, 2.75) is 24.4 Å². The molecule has 0 aromatic carbocycles. The van der Waals surface area contributed by atoms with Crippen LogP contribution in [0.25, 0.3) is 0 Å². The van der Waals surface area contributed by atoms with E-state index in [9.17, 15) is 30.9 Å². The quantitative estimate of drug-likeness (QED) is 0.591. The number of halogens is 6. The van der Waals surface area contributed by atoms with Crippen LogP contribution in [0.4, 0.5) is 26.3 Å². The van der Waals surface area contributed by atoms with Gasteiger partial charge in [0.05, 0.1) is 0 Å². The van der Waals surface area contributed by atoms with Crippen LogP contribution in [0.2, 0.25) is 0 Å². The molecule has 0 aromatic heterocycles. The van der Waals surface area contributed by atoms with Crippen LogP contribution in [-0.4, -0.2) is 27.3 Å². The first-order valence-corrected chi connectivity index (χ1v) is 4.55. The molecule has 0 heterocycles. The van der Waals surface area contributed by atoms with Crippen molar-refractivity contribution >= 4 is 7.60 Å². The SMILES string of the molecule is CC(F)(F)C(F)(F)C(F)(F)P(=O)(O)O. The first-order valence-electron chi connectivity index (χ1n) is 2.94. The average Bonchev–Trinajstić information content (AvgIpc) is 1.81. The standard InChI is InChI=1S/C4H5F6O3P/c1-2(5,6)3(7,8)4(9,10)14(11,12)13/h1H3,(H2,11,12,13). The van der Waals surface area contributed by atoms with Gasteiger partial charge in [0.15, 0.2) is 0 Å². The smallest absolute Gasteiger partial charge is 0.320 e. The molecule has 0 bridgehead atoms. The fourth-order valence-corrected chi connectivity index (χ4v) is 1.01. The highest BCUT2D eigenvalue weighted by Gasteiger charge is 2.76. The predicted molar refractivity (Wildman–Crippen MR) is 32.6 cm³/mol. The second-order valence-corrected chi connectivity index (χ2v) is 4.20. The molecule has 0 spiro atoms. The van der Waals surface area contributed by atoms with Gasteiger partial charge in [0.1, 0.15) is 0 Å². The van der Waals surface area contributed by atoms with Gasteiger partial charge in [0, 0.05) is 6.92 Å². The Balaban J connectivity index is 5.42. The lowest BCUT2D eigenvalue weighted by Gasteiger charge is -2.30. The molecule has 3 nitrogen and oxygen atoms in total. The molecule has 14 heavy (non-hydrogen) atoms. The molecule has 86 valence electrons. The van der Waals surface area contributed by atoms with Crippen LogP contribution in [-0.2, 0) is 4.57 Å². The van der Waals surface area contributed by atoms with Gasteiger partial charge in [-0.15, -0.1) is 0 Å². The molecule has 0 aromatic rings. The molecule has 0 unspecified atom stereocenters. The summed E-state index contributed by atoms with van der Waals surface area (Å²) in [6.07, 6.45) is 0. The maximum Gasteiger partial charge on any atom is 0.413 e. The maximum absolute atomic E-state index is 12.2. The molecule has 0 saturated heterocycles. The second-order valence-electron chi connectivity index (χ2n) is 2.55. The second kappa shape index (κ2) is 3.11. The highest BCUT2D eigenvalue weighted by atomic mass is 31.2. The Morgan fingerprint density at radius 1 is 1.00 bits per heavy atom. The number of hydrogen-bond acceptors (Lipinski definition) is 1. The minimum absolute atomic E-state index is 0.559. The van der Waals surface area contributed by atoms with E-state index in [1.165, 1.54) is 0 Å². The topological polar surface area (TPSA) is 57.5 Å². The normalized spacial score (nSPS) is 15.8. The van der Waals surface area contributed by atoms with Crippen LogP contribution in [0.3, 0.4) is 0 Å². The summed E-state index contributed by atoms with van der Waals surface area (Å²) in [6, 6.07) is 0. The third-order valence-electron chi connectivity index (χ3n) is 1.29. The fourth-order valence-electron chi connectivity index (χ4n) is 0.447. The van der Waals surface area contributed by atoms with E-state index in [2.05, 4.69) is 0 Å². The van der Waals surface area contributed by atoms with Gasteiger partial charge in [-0.2, -0.15) is 26.3 Å². The van der Waals surface area contributed by atoms with E-state index in [1.54, 1.807) is 0 Å². The zero-order chi connectivity index (χ0) is 12.0. The van der Waals surface area contributed by atoms with Gasteiger partial charge in [-0.05, 0) is 0 Å². The van der Waals surface area contributed by atoms with Crippen molar-refractivity contribution in [2.75, 3.05) is 0 Å². The molecule has 2 N–H and O–H groups in total. The minimum Gasteiger partial charge on any atom is -0.320 e. The van der Waals surface area contributed by atoms with Crippen LogP contribution in [0.5, 0.6) is 0 Å². The van der Waals surface area contributed by atoms with Crippen LogP contribution >= 0.6 is 7.60 Å². The molecule has 0 aliphatic carbocycles. The average molecular weight is 246 g/mol. The highest BCUT2D eigenvalue weighted by molar-refractivity contribution is 7.53. The van der Waals surface area contributed by atoms with Crippen LogP contribution < -0.4 is 0 Å². The van der Waals surface area contributed by atoms with Crippen molar-refractivity contribution in [3.05, 3.63) is 0 Å². The van der Waals surface area contributed by atoms with Crippen molar-refractivity contribution in [3.63, 3.8) is 0 Å². The Hall–Kier alpha value is -0.270. The lowest BCUT2D eigenvalue weighted by atomic mass is 10.2. The first-order chi connectivity index (χ1) is 5.75. The molecule has 0 rings (SSSR count). The molecule has 0 aliphatic rings. The van der Waals surface area contributed by atoms with Crippen molar-refractivity contribution < 1.29 is 40.7 Å². The van der Waals surface area contributed by atoms with Crippen molar-refractivity contribution in [3.8, 4) is 0 Å². The first kappa shape index (κ1) is 13.7. The van der Waals surface area contributed by atoms with Gasteiger partial charge in [-0.3, -0.25) is 4.57 Å². The molecule has 0 atom stereocenters. The van der Waals surface area contributed by atoms with Gasteiger partial charge < -0.3 is 9.79 Å². The van der Waals surface area contributed by atoms with Crippen molar-refractivity contribution in [1.82, 2.24) is 0 Å². The van der Waals surface area contributed by atoms with E-state index in [4.69, 9.17) is 9.79 Å². The van der Waals surface area contributed by atoms with Crippen molar-refractivity contribution in [2.24, 2.45) is 0 Å². The lowest BCUT2D eigenvalue weighted by molar-refractivity contribution is -0.276. The van der Waals surface area contributed by atoms with Crippen LogP contribution in [0.1, 0.15) is 6.92 Å². The summed E-state index contributed by atoms with van der Waals surface area (Å²) in [7, 11) is -6.65. The van der Waals surface area contributed by atoms with E-state index in [-0.39, 0.29) is 0 Å².